The van der Waals surface area contributed by atoms with Gasteiger partial charge in [0, 0.05) is 25.5 Å². The standard InChI is InChI=1S/C20H22N6O2/c1-13-19(14(2)28-25-13)18-11-22-17(10-23-18)8-15-5-7-26(12-15)20(27)24-16-4-3-6-21-9-16/h3-4,6,9-11,15H,5,7-8,12H2,1-2H3,(H,24,27). The lowest BCUT2D eigenvalue weighted by Crippen LogP contribution is -2.33. The van der Waals surface area contributed by atoms with E-state index in [0.717, 1.165) is 47.8 Å². The molecule has 0 bridgehead atoms. The minimum Gasteiger partial charge on any atom is -0.361 e. The van der Waals surface area contributed by atoms with E-state index in [2.05, 4.69) is 25.4 Å². The van der Waals surface area contributed by atoms with Crippen LogP contribution >= 0.6 is 0 Å². The smallest absolute Gasteiger partial charge is 0.321 e. The molecule has 1 unspecified atom stereocenters. The van der Waals surface area contributed by atoms with Gasteiger partial charge in [-0.1, -0.05) is 5.16 Å². The maximum atomic E-state index is 12.4. The average Bonchev–Trinajstić information content (AvgIpc) is 3.30. The Kier molecular flexibility index (Phi) is 5.01. The van der Waals surface area contributed by atoms with Crippen LogP contribution in [-0.2, 0) is 6.42 Å². The van der Waals surface area contributed by atoms with Gasteiger partial charge in [0.2, 0.25) is 0 Å². The van der Waals surface area contributed by atoms with E-state index in [4.69, 9.17) is 4.52 Å². The number of nitrogens with one attached hydrogen (secondary N) is 1. The van der Waals surface area contributed by atoms with Crippen LogP contribution in [0.25, 0.3) is 11.3 Å². The third-order valence-corrected chi connectivity index (χ3v) is 4.98. The molecule has 1 fully saturated rings. The van der Waals surface area contributed by atoms with E-state index in [1.165, 1.54) is 0 Å². The molecule has 8 nitrogen and oxygen atoms in total. The lowest BCUT2D eigenvalue weighted by atomic mass is 10.0. The van der Waals surface area contributed by atoms with Crippen molar-refractivity contribution >= 4 is 11.7 Å². The number of aromatic nitrogens is 4. The molecule has 3 aromatic heterocycles. The average molecular weight is 378 g/mol. The molecule has 0 radical (unpaired) electrons. The highest BCUT2D eigenvalue weighted by molar-refractivity contribution is 5.89. The van der Waals surface area contributed by atoms with Gasteiger partial charge in [-0.2, -0.15) is 0 Å². The Balaban J connectivity index is 1.35. The van der Waals surface area contributed by atoms with Crippen molar-refractivity contribution < 1.29 is 9.32 Å². The summed E-state index contributed by atoms with van der Waals surface area (Å²) >= 11 is 0. The zero-order chi connectivity index (χ0) is 19.5. The number of urea groups is 1. The van der Waals surface area contributed by atoms with Crippen LogP contribution in [0.15, 0.2) is 41.4 Å². The maximum absolute atomic E-state index is 12.4. The molecule has 3 aromatic rings. The number of hydrogen-bond donors (Lipinski definition) is 1. The second-order valence-electron chi connectivity index (χ2n) is 7.07. The first-order chi connectivity index (χ1) is 13.6. The Bertz CT molecular complexity index is 935. The largest absolute Gasteiger partial charge is 0.361 e. The third-order valence-electron chi connectivity index (χ3n) is 4.98. The molecule has 144 valence electrons. The van der Waals surface area contributed by atoms with Crippen molar-refractivity contribution in [1.82, 2.24) is 25.0 Å². The number of pyridine rings is 1. The molecule has 2 amide bonds. The minimum atomic E-state index is -0.0876. The number of amides is 2. The van der Waals surface area contributed by atoms with Crippen molar-refractivity contribution in [2.45, 2.75) is 26.7 Å². The Morgan fingerprint density at radius 2 is 2.18 bits per heavy atom. The first kappa shape index (κ1) is 18.1. The van der Waals surface area contributed by atoms with Gasteiger partial charge >= 0.3 is 6.03 Å². The molecule has 0 aliphatic carbocycles. The molecule has 1 atom stereocenters. The van der Waals surface area contributed by atoms with Crippen molar-refractivity contribution in [3.05, 3.63) is 54.1 Å². The van der Waals surface area contributed by atoms with Gasteiger partial charge in [0.05, 0.1) is 40.7 Å². The van der Waals surface area contributed by atoms with E-state index >= 15 is 0 Å². The summed E-state index contributed by atoms with van der Waals surface area (Å²) in [6, 6.07) is 3.54. The van der Waals surface area contributed by atoms with Gasteiger partial charge in [0.15, 0.2) is 0 Å². The van der Waals surface area contributed by atoms with Crippen LogP contribution in [0.4, 0.5) is 10.5 Å². The molecule has 1 aliphatic rings. The molecule has 1 aliphatic heterocycles. The number of likely N-dealkylation sites (tertiary alicyclic amines) is 1. The molecule has 28 heavy (non-hydrogen) atoms. The molecule has 0 spiro atoms. The Labute approximate surface area is 163 Å². The van der Waals surface area contributed by atoms with Crippen molar-refractivity contribution in [2.75, 3.05) is 18.4 Å². The SMILES string of the molecule is Cc1noc(C)c1-c1cnc(CC2CCN(C(=O)Nc3cccnc3)C2)cn1. The fourth-order valence-corrected chi connectivity index (χ4v) is 3.56. The summed E-state index contributed by atoms with van der Waals surface area (Å²) in [6.07, 6.45) is 8.64. The fourth-order valence-electron chi connectivity index (χ4n) is 3.56. The van der Waals surface area contributed by atoms with E-state index in [1.807, 2.05) is 24.8 Å². The highest BCUT2D eigenvalue weighted by Gasteiger charge is 2.27. The molecule has 4 rings (SSSR count). The molecule has 4 heterocycles. The Hall–Kier alpha value is -3.29. The second kappa shape index (κ2) is 7.75. The molecule has 1 saturated heterocycles. The number of rotatable bonds is 4. The molecule has 8 heteroatoms. The third kappa shape index (κ3) is 3.85. The number of aryl methyl sites for hydroxylation is 2. The van der Waals surface area contributed by atoms with Gasteiger partial charge in [-0.3, -0.25) is 15.0 Å². The zero-order valence-corrected chi connectivity index (χ0v) is 15.9. The predicted octanol–water partition coefficient (Wildman–Crippen LogP) is 3.24. The zero-order valence-electron chi connectivity index (χ0n) is 15.9. The van der Waals surface area contributed by atoms with E-state index in [-0.39, 0.29) is 6.03 Å². The quantitative estimate of drug-likeness (QED) is 0.748. The number of hydrogen-bond acceptors (Lipinski definition) is 6. The van der Waals surface area contributed by atoms with Crippen LogP contribution in [0.3, 0.4) is 0 Å². The first-order valence-corrected chi connectivity index (χ1v) is 9.30. The number of nitrogens with zero attached hydrogens (tertiary/aromatic N) is 5. The maximum Gasteiger partial charge on any atom is 0.321 e. The van der Waals surface area contributed by atoms with Crippen LogP contribution in [0.2, 0.25) is 0 Å². The Morgan fingerprint density at radius 1 is 1.29 bits per heavy atom. The molecule has 0 saturated carbocycles. The van der Waals surface area contributed by atoms with E-state index in [0.29, 0.717) is 18.2 Å². The predicted molar refractivity (Wildman–Crippen MR) is 104 cm³/mol. The monoisotopic (exact) mass is 378 g/mol. The van der Waals surface area contributed by atoms with Crippen molar-refractivity contribution in [2.24, 2.45) is 5.92 Å². The summed E-state index contributed by atoms with van der Waals surface area (Å²) in [6.45, 7) is 5.21. The van der Waals surface area contributed by atoms with Gasteiger partial charge in [-0.15, -0.1) is 0 Å². The molecule has 1 N–H and O–H groups in total. The topological polar surface area (TPSA) is 97.0 Å². The van der Waals surface area contributed by atoms with Crippen molar-refractivity contribution in [3.63, 3.8) is 0 Å². The van der Waals surface area contributed by atoms with E-state index < -0.39 is 0 Å². The summed E-state index contributed by atoms with van der Waals surface area (Å²) in [5, 5.41) is 6.85. The summed E-state index contributed by atoms with van der Waals surface area (Å²) in [5.41, 5.74) is 4.11. The highest BCUT2D eigenvalue weighted by atomic mass is 16.5. The van der Waals surface area contributed by atoms with Gasteiger partial charge in [0.25, 0.3) is 0 Å². The van der Waals surface area contributed by atoms with E-state index in [9.17, 15) is 4.79 Å². The first-order valence-electron chi connectivity index (χ1n) is 9.30. The second-order valence-corrected chi connectivity index (χ2v) is 7.07. The van der Waals surface area contributed by atoms with Gasteiger partial charge in [-0.25, -0.2) is 4.79 Å². The van der Waals surface area contributed by atoms with Crippen molar-refractivity contribution in [3.8, 4) is 11.3 Å². The molecular weight excluding hydrogens is 356 g/mol. The van der Waals surface area contributed by atoms with Crippen LogP contribution in [-0.4, -0.2) is 44.1 Å². The number of anilines is 1. The normalized spacial score (nSPS) is 16.4. The highest BCUT2D eigenvalue weighted by Crippen LogP contribution is 2.25. The van der Waals surface area contributed by atoms with Gasteiger partial charge in [0.1, 0.15) is 5.76 Å². The van der Waals surface area contributed by atoms with Crippen LogP contribution < -0.4 is 5.32 Å². The summed E-state index contributed by atoms with van der Waals surface area (Å²) in [7, 11) is 0. The van der Waals surface area contributed by atoms with Crippen LogP contribution in [0.1, 0.15) is 23.6 Å². The number of carbonyl (C=O) groups is 1. The minimum absolute atomic E-state index is 0.0876. The Morgan fingerprint density at radius 3 is 2.86 bits per heavy atom. The summed E-state index contributed by atoms with van der Waals surface area (Å²) in [5.74, 6) is 1.12. The summed E-state index contributed by atoms with van der Waals surface area (Å²) < 4.78 is 5.20. The molecular formula is C20H22N6O2. The fraction of sp³-hybridized carbons (Fsp3) is 0.350. The number of carbonyl (C=O) groups excluding carboxylic acids is 1. The molecule has 0 aromatic carbocycles. The van der Waals surface area contributed by atoms with Crippen LogP contribution in [0.5, 0.6) is 0 Å². The van der Waals surface area contributed by atoms with Crippen molar-refractivity contribution in [1.29, 1.82) is 0 Å². The summed E-state index contributed by atoms with van der Waals surface area (Å²) in [4.78, 5) is 27.3. The lowest BCUT2D eigenvalue weighted by Gasteiger charge is -2.17. The van der Waals surface area contributed by atoms with Gasteiger partial charge in [-0.05, 0) is 44.7 Å². The van der Waals surface area contributed by atoms with Gasteiger partial charge < -0.3 is 14.7 Å². The lowest BCUT2D eigenvalue weighted by molar-refractivity contribution is 0.220. The van der Waals surface area contributed by atoms with Crippen LogP contribution in [0, 0.1) is 19.8 Å². The van der Waals surface area contributed by atoms with E-state index in [1.54, 1.807) is 30.9 Å².